The molecule has 0 spiro atoms. The molecule has 2 heterocycles. The largest absolute Gasteiger partial charge is 0.373 e. The normalized spacial score (nSPS) is 30.3. The Balaban J connectivity index is 1.53. The second-order valence-corrected chi connectivity index (χ2v) is 6.05. The van der Waals surface area contributed by atoms with E-state index >= 15 is 0 Å². The molecule has 2 aliphatic rings. The van der Waals surface area contributed by atoms with Gasteiger partial charge in [-0.25, -0.2) is 0 Å². The fourth-order valence-electron chi connectivity index (χ4n) is 3.00. The third-order valence-electron chi connectivity index (χ3n) is 4.01. The fourth-order valence-corrected chi connectivity index (χ4v) is 3.28. The molecule has 1 aromatic carbocycles. The van der Waals surface area contributed by atoms with E-state index in [4.69, 9.17) is 4.74 Å². The van der Waals surface area contributed by atoms with Crippen LogP contribution < -0.4 is 5.32 Å². The minimum absolute atomic E-state index is 0.0216. The van der Waals surface area contributed by atoms with Crippen LogP contribution in [0.15, 0.2) is 30.3 Å². The van der Waals surface area contributed by atoms with E-state index in [1.54, 1.807) is 0 Å². The lowest BCUT2D eigenvalue weighted by Gasteiger charge is -2.22. The lowest BCUT2D eigenvalue weighted by atomic mass is 9.95. The Hall–Kier alpha value is -1.00. The average Bonchev–Trinajstić information content (AvgIpc) is 3.02. The Kier molecular flexibility index (Phi) is 3.80. The first kappa shape index (κ1) is 13.0. The van der Waals surface area contributed by atoms with Gasteiger partial charge < -0.3 is 10.1 Å². The Labute approximate surface area is 119 Å². The van der Waals surface area contributed by atoms with Crippen molar-refractivity contribution in [3.8, 4) is 0 Å². The lowest BCUT2D eigenvalue weighted by molar-refractivity contribution is -0.121. The summed E-state index contributed by atoms with van der Waals surface area (Å²) in [5.74, 6) is 0.0216. The number of carbonyl (C=O) groups excluding carboxylic acids is 1. The number of hydrogen-bond acceptors (Lipinski definition) is 3. The van der Waals surface area contributed by atoms with Gasteiger partial charge in [-0.05, 0) is 31.2 Å². The molecular weight excluding hydrogens is 258 g/mol. The molecule has 2 bridgehead atoms. The molecule has 1 aromatic rings. The molecule has 2 aliphatic heterocycles. The third kappa shape index (κ3) is 2.95. The second-order valence-electron chi connectivity index (χ2n) is 5.43. The predicted octanol–water partition coefficient (Wildman–Crippen LogP) is 1.96. The lowest BCUT2D eigenvalue weighted by Crippen LogP contribution is -2.45. The molecule has 0 aromatic heterocycles. The number of hydrogen-bond donors (Lipinski definition) is 2. The summed E-state index contributed by atoms with van der Waals surface area (Å²) < 4.78 is 5.74. The number of amides is 1. The Morgan fingerprint density at radius 2 is 2.16 bits per heavy atom. The van der Waals surface area contributed by atoms with Gasteiger partial charge in [-0.2, -0.15) is 12.6 Å². The van der Waals surface area contributed by atoms with Crippen LogP contribution in [0.1, 0.15) is 24.8 Å². The van der Waals surface area contributed by atoms with Crippen molar-refractivity contribution in [1.82, 2.24) is 5.32 Å². The highest BCUT2D eigenvalue weighted by molar-refractivity contribution is 7.81. The average molecular weight is 277 g/mol. The summed E-state index contributed by atoms with van der Waals surface area (Å²) in [5.41, 5.74) is 1.14. The maximum atomic E-state index is 12.1. The third-order valence-corrected chi connectivity index (χ3v) is 4.43. The maximum Gasteiger partial charge on any atom is 0.233 e. The Morgan fingerprint density at radius 1 is 1.37 bits per heavy atom. The standard InChI is InChI=1S/C15H19NO2S/c17-15(14(19)8-10-4-2-1-3-5-10)16-12-9-11-6-7-13(12)18-11/h1-5,11-14,19H,6-9H2,(H,16,17). The topological polar surface area (TPSA) is 38.3 Å². The van der Waals surface area contributed by atoms with Crippen molar-refractivity contribution in [1.29, 1.82) is 0 Å². The molecule has 102 valence electrons. The molecule has 0 aliphatic carbocycles. The first-order valence-electron chi connectivity index (χ1n) is 6.90. The van der Waals surface area contributed by atoms with E-state index in [-0.39, 0.29) is 23.3 Å². The van der Waals surface area contributed by atoms with Crippen molar-refractivity contribution in [3.05, 3.63) is 35.9 Å². The van der Waals surface area contributed by atoms with Crippen LogP contribution in [-0.2, 0) is 16.0 Å². The van der Waals surface area contributed by atoms with Gasteiger partial charge in [-0.15, -0.1) is 0 Å². The summed E-state index contributed by atoms with van der Waals surface area (Å²) in [5, 5.41) is 2.80. The molecule has 0 radical (unpaired) electrons. The minimum Gasteiger partial charge on any atom is -0.373 e. The van der Waals surface area contributed by atoms with Gasteiger partial charge in [0, 0.05) is 0 Å². The molecule has 4 unspecified atom stereocenters. The van der Waals surface area contributed by atoms with Crippen molar-refractivity contribution in [2.75, 3.05) is 0 Å². The second kappa shape index (κ2) is 5.55. The molecule has 3 nitrogen and oxygen atoms in total. The van der Waals surface area contributed by atoms with Crippen LogP contribution in [0.5, 0.6) is 0 Å². The van der Waals surface area contributed by atoms with E-state index in [0.29, 0.717) is 12.5 Å². The first-order chi connectivity index (χ1) is 9.22. The molecule has 3 rings (SSSR count). The molecule has 4 atom stereocenters. The van der Waals surface area contributed by atoms with E-state index in [1.165, 1.54) is 0 Å². The van der Waals surface area contributed by atoms with Crippen molar-refractivity contribution in [3.63, 3.8) is 0 Å². The summed E-state index contributed by atoms with van der Waals surface area (Å²) in [6.07, 6.45) is 4.44. The summed E-state index contributed by atoms with van der Waals surface area (Å²) in [6, 6.07) is 10.2. The van der Waals surface area contributed by atoms with Crippen LogP contribution in [0.4, 0.5) is 0 Å². The highest BCUT2D eigenvalue weighted by atomic mass is 32.1. The van der Waals surface area contributed by atoms with Gasteiger partial charge >= 0.3 is 0 Å². The molecule has 2 fully saturated rings. The van der Waals surface area contributed by atoms with E-state index in [9.17, 15) is 4.79 Å². The van der Waals surface area contributed by atoms with Crippen molar-refractivity contribution in [2.45, 2.75) is 49.2 Å². The number of thiol groups is 1. The Bertz CT molecular complexity index is 451. The number of fused-ring (bicyclic) bond motifs is 2. The number of ether oxygens (including phenoxy) is 1. The van der Waals surface area contributed by atoms with Crippen molar-refractivity contribution < 1.29 is 9.53 Å². The highest BCUT2D eigenvalue weighted by Crippen LogP contribution is 2.34. The van der Waals surface area contributed by atoms with Crippen LogP contribution in [0.2, 0.25) is 0 Å². The molecule has 4 heteroatoms. The summed E-state index contributed by atoms with van der Waals surface area (Å²) in [6.45, 7) is 0. The summed E-state index contributed by atoms with van der Waals surface area (Å²) in [4.78, 5) is 12.1. The summed E-state index contributed by atoms with van der Waals surface area (Å²) in [7, 11) is 0. The van der Waals surface area contributed by atoms with Crippen LogP contribution in [0.3, 0.4) is 0 Å². The molecular formula is C15H19NO2S. The van der Waals surface area contributed by atoms with Crippen LogP contribution in [-0.4, -0.2) is 29.4 Å². The Morgan fingerprint density at radius 3 is 2.79 bits per heavy atom. The number of nitrogens with one attached hydrogen (secondary N) is 1. The monoisotopic (exact) mass is 277 g/mol. The van der Waals surface area contributed by atoms with Gasteiger partial charge in [0.05, 0.1) is 23.5 Å². The quantitative estimate of drug-likeness (QED) is 0.826. The van der Waals surface area contributed by atoms with Gasteiger partial charge in [-0.3, -0.25) is 4.79 Å². The number of benzene rings is 1. The molecule has 19 heavy (non-hydrogen) atoms. The molecule has 1 N–H and O–H groups in total. The van der Waals surface area contributed by atoms with Crippen LogP contribution >= 0.6 is 12.6 Å². The van der Waals surface area contributed by atoms with E-state index in [0.717, 1.165) is 24.8 Å². The van der Waals surface area contributed by atoms with Gasteiger partial charge in [0.25, 0.3) is 0 Å². The molecule has 0 saturated carbocycles. The zero-order valence-corrected chi connectivity index (χ0v) is 11.7. The zero-order valence-electron chi connectivity index (χ0n) is 10.8. The minimum atomic E-state index is -0.290. The molecule has 1 amide bonds. The van der Waals surface area contributed by atoms with Crippen molar-refractivity contribution >= 4 is 18.5 Å². The van der Waals surface area contributed by atoms with Crippen LogP contribution in [0.25, 0.3) is 0 Å². The van der Waals surface area contributed by atoms with Gasteiger partial charge in [0.15, 0.2) is 0 Å². The smallest absolute Gasteiger partial charge is 0.233 e. The van der Waals surface area contributed by atoms with E-state index in [2.05, 4.69) is 17.9 Å². The highest BCUT2D eigenvalue weighted by Gasteiger charge is 2.41. The zero-order chi connectivity index (χ0) is 13.2. The van der Waals surface area contributed by atoms with Gasteiger partial charge in [0.2, 0.25) is 5.91 Å². The first-order valence-corrected chi connectivity index (χ1v) is 7.42. The number of rotatable bonds is 4. The van der Waals surface area contributed by atoms with E-state index < -0.39 is 0 Å². The van der Waals surface area contributed by atoms with Crippen molar-refractivity contribution in [2.24, 2.45) is 0 Å². The van der Waals surface area contributed by atoms with Gasteiger partial charge in [0.1, 0.15) is 0 Å². The molecule has 2 saturated heterocycles. The predicted molar refractivity (Wildman–Crippen MR) is 77.4 cm³/mol. The van der Waals surface area contributed by atoms with E-state index in [1.807, 2.05) is 30.3 Å². The number of carbonyl (C=O) groups is 1. The maximum absolute atomic E-state index is 12.1. The van der Waals surface area contributed by atoms with Crippen LogP contribution in [0, 0.1) is 0 Å². The summed E-state index contributed by atoms with van der Waals surface area (Å²) >= 11 is 4.43. The van der Waals surface area contributed by atoms with Gasteiger partial charge in [-0.1, -0.05) is 30.3 Å². The fraction of sp³-hybridized carbons (Fsp3) is 0.533. The SMILES string of the molecule is O=C(NC1CC2CCC1O2)C(S)Cc1ccccc1.